The highest BCUT2D eigenvalue weighted by Gasteiger charge is 2.12. The van der Waals surface area contributed by atoms with Crippen molar-refractivity contribution in [3.63, 3.8) is 0 Å². The van der Waals surface area contributed by atoms with Crippen molar-refractivity contribution in [2.45, 2.75) is 84.0 Å². The molecule has 0 unspecified atom stereocenters. The highest BCUT2D eigenvalue weighted by atomic mass is 16.6. The number of rotatable bonds is 13. The lowest BCUT2D eigenvalue weighted by Crippen LogP contribution is -2.12. The predicted octanol–water partition coefficient (Wildman–Crippen LogP) is 5.47. The number of aromatic nitrogens is 1. The van der Waals surface area contributed by atoms with E-state index >= 15 is 0 Å². The number of pyridine rings is 1. The van der Waals surface area contributed by atoms with E-state index in [0.29, 0.717) is 12.0 Å². The van der Waals surface area contributed by atoms with E-state index in [0.717, 1.165) is 19.3 Å². The molecule has 24 heavy (non-hydrogen) atoms. The normalized spacial score (nSPS) is 10.5. The maximum absolute atomic E-state index is 11.7. The summed E-state index contributed by atoms with van der Waals surface area (Å²) in [5, 5.41) is 0. The zero-order valence-electron chi connectivity index (χ0n) is 15.0. The molecule has 1 rings (SSSR count). The molecule has 4 heteroatoms. The number of nitrogens with zero attached hydrogens (tertiary/aromatic N) is 1. The quantitative estimate of drug-likeness (QED) is 0.273. The topological polar surface area (TPSA) is 56.3 Å². The second-order valence-corrected chi connectivity index (χ2v) is 6.29. The molecule has 4 nitrogen and oxygen atoms in total. The first-order valence-corrected chi connectivity index (χ1v) is 9.39. The minimum atomic E-state index is -0.615. The largest absolute Gasteiger partial charge is 0.389 e. The zero-order valence-corrected chi connectivity index (χ0v) is 15.0. The SMILES string of the molecule is CCCCCCCCCCCCCC(=O)OC(=O)c1cccnc1. The molecule has 0 aromatic carbocycles. The van der Waals surface area contributed by atoms with Crippen molar-refractivity contribution < 1.29 is 14.3 Å². The minimum absolute atomic E-state index is 0.309. The van der Waals surface area contributed by atoms with Crippen LogP contribution in [0.3, 0.4) is 0 Å². The second-order valence-electron chi connectivity index (χ2n) is 6.29. The van der Waals surface area contributed by atoms with E-state index in [-0.39, 0.29) is 0 Å². The Balaban J connectivity index is 1.94. The van der Waals surface area contributed by atoms with Crippen LogP contribution >= 0.6 is 0 Å². The number of hydrogen-bond acceptors (Lipinski definition) is 4. The van der Waals surface area contributed by atoms with E-state index in [1.165, 1.54) is 57.6 Å². The molecule has 0 aliphatic carbocycles. The van der Waals surface area contributed by atoms with Crippen LogP contribution in [-0.2, 0) is 9.53 Å². The lowest BCUT2D eigenvalue weighted by atomic mass is 10.1. The molecule has 0 radical (unpaired) electrons. The van der Waals surface area contributed by atoms with E-state index in [1.54, 1.807) is 18.3 Å². The monoisotopic (exact) mass is 333 g/mol. The molecule has 0 fully saturated rings. The van der Waals surface area contributed by atoms with Gasteiger partial charge in [0.15, 0.2) is 0 Å². The minimum Gasteiger partial charge on any atom is -0.389 e. The van der Waals surface area contributed by atoms with E-state index in [9.17, 15) is 9.59 Å². The standard InChI is InChI=1S/C20H31NO3/c1-2-3-4-5-6-7-8-9-10-11-12-15-19(22)24-20(23)18-14-13-16-21-17-18/h13-14,16-17H,2-12,15H2,1H3. The van der Waals surface area contributed by atoms with Gasteiger partial charge >= 0.3 is 11.9 Å². The molecule has 0 bridgehead atoms. The first-order chi connectivity index (χ1) is 11.7. The summed E-state index contributed by atoms with van der Waals surface area (Å²) in [5.74, 6) is -1.06. The fourth-order valence-corrected chi connectivity index (χ4v) is 2.63. The molecule has 134 valence electrons. The predicted molar refractivity (Wildman–Crippen MR) is 95.7 cm³/mol. The Hall–Kier alpha value is -1.71. The van der Waals surface area contributed by atoms with Crippen LogP contribution in [0.5, 0.6) is 0 Å². The Morgan fingerprint density at radius 1 is 0.917 bits per heavy atom. The molecule has 0 aliphatic heterocycles. The summed E-state index contributed by atoms with van der Waals surface area (Å²) in [6.45, 7) is 2.24. The molecule has 0 atom stereocenters. The Kier molecular flexibility index (Phi) is 11.6. The van der Waals surface area contributed by atoms with E-state index in [2.05, 4.69) is 11.9 Å². The fraction of sp³-hybridized carbons (Fsp3) is 0.650. The van der Waals surface area contributed by atoms with Gasteiger partial charge in [-0.25, -0.2) is 4.79 Å². The lowest BCUT2D eigenvalue weighted by Gasteiger charge is -2.04. The number of unbranched alkanes of at least 4 members (excludes halogenated alkanes) is 10. The van der Waals surface area contributed by atoms with Crippen molar-refractivity contribution in [3.05, 3.63) is 30.1 Å². The number of esters is 2. The Bertz CT molecular complexity index is 459. The first kappa shape index (κ1) is 20.3. The van der Waals surface area contributed by atoms with Crippen LogP contribution in [0.15, 0.2) is 24.5 Å². The Morgan fingerprint density at radius 3 is 2.04 bits per heavy atom. The van der Waals surface area contributed by atoms with Gasteiger partial charge in [0.25, 0.3) is 0 Å². The Labute approximate surface area is 146 Å². The van der Waals surface area contributed by atoms with Gasteiger partial charge < -0.3 is 4.74 Å². The van der Waals surface area contributed by atoms with Gasteiger partial charge in [-0.2, -0.15) is 0 Å². The number of carbonyl (C=O) groups is 2. The summed E-state index contributed by atoms with van der Waals surface area (Å²) < 4.78 is 4.81. The molecule has 0 spiro atoms. The molecule has 1 heterocycles. The van der Waals surface area contributed by atoms with E-state index in [1.807, 2.05) is 0 Å². The van der Waals surface area contributed by atoms with Crippen molar-refractivity contribution in [2.24, 2.45) is 0 Å². The molecular formula is C20H31NO3. The van der Waals surface area contributed by atoms with Crippen LogP contribution in [0.25, 0.3) is 0 Å². The summed E-state index contributed by atoms with van der Waals surface area (Å²) in [6, 6.07) is 3.23. The first-order valence-electron chi connectivity index (χ1n) is 9.39. The van der Waals surface area contributed by atoms with Crippen molar-refractivity contribution in [1.29, 1.82) is 0 Å². The van der Waals surface area contributed by atoms with Crippen molar-refractivity contribution in [1.82, 2.24) is 4.98 Å². The maximum Gasteiger partial charge on any atom is 0.347 e. The van der Waals surface area contributed by atoms with Gasteiger partial charge in [0.05, 0.1) is 5.56 Å². The van der Waals surface area contributed by atoms with E-state index in [4.69, 9.17) is 4.74 Å². The molecule has 0 amide bonds. The summed E-state index contributed by atoms with van der Waals surface area (Å²) in [6.07, 6.45) is 16.8. The highest BCUT2D eigenvalue weighted by molar-refractivity contribution is 5.96. The molecule has 1 aromatic heterocycles. The van der Waals surface area contributed by atoms with Gasteiger partial charge in [-0.1, -0.05) is 71.1 Å². The van der Waals surface area contributed by atoms with Gasteiger partial charge in [0, 0.05) is 18.8 Å². The van der Waals surface area contributed by atoms with Crippen LogP contribution in [-0.4, -0.2) is 16.9 Å². The third-order valence-electron chi connectivity index (χ3n) is 4.09. The van der Waals surface area contributed by atoms with Crippen LogP contribution < -0.4 is 0 Å². The molecule has 0 saturated carbocycles. The van der Waals surface area contributed by atoms with Crippen LogP contribution in [0, 0.1) is 0 Å². The van der Waals surface area contributed by atoms with Crippen LogP contribution in [0.1, 0.15) is 94.3 Å². The number of hydrogen-bond donors (Lipinski definition) is 0. The molecule has 1 aromatic rings. The lowest BCUT2D eigenvalue weighted by molar-refractivity contribution is -0.138. The summed E-state index contributed by atoms with van der Waals surface area (Å²) >= 11 is 0. The molecule has 0 aliphatic rings. The summed E-state index contributed by atoms with van der Waals surface area (Å²) in [7, 11) is 0. The summed E-state index contributed by atoms with van der Waals surface area (Å²) in [4.78, 5) is 27.1. The molecule has 0 N–H and O–H groups in total. The van der Waals surface area contributed by atoms with E-state index < -0.39 is 11.9 Å². The van der Waals surface area contributed by atoms with Gasteiger partial charge in [0.1, 0.15) is 0 Å². The summed E-state index contributed by atoms with van der Waals surface area (Å²) in [5.41, 5.74) is 0.310. The second kappa shape index (κ2) is 13.7. The zero-order chi connectivity index (χ0) is 17.5. The van der Waals surface area contributed by atoms with Gasteiger partial charge in [-0.05, 0) is 18.6 Å². The molecule has 0 saturated heterocycles. The third kappa shape index (κ3) is 10.1. The van der Waals surface area contributed by atoms with Gasteiger partial charge in [-0.15, -0.1) is 0 Å². The smallest absolute Gasteiger partial charge is 0.347 e. The number of ether oxygens (including phenoxy) is 1. The maximum atomic E-state index is 11.7. The van der Waals surface area contributed by atoms with Crippen LogP contribution in [0.2, 0.25) is 0 Å². The van der Waals surface area contributed by atoms with Gasteiger partial charge in [-0.3, -0.25) is 9.78 Å². The average molecular weight is 333 g/mol. The Morgan fingerprint density at radius 2 is 1.50 bits per heavy atom. The third-order valence-corrected chi connectivity index (χ3v) is 4.09. The van der Waals surface area contributed by atoms with Crippen molar-refractivity contribution in [2.75, 3.05) is 0 Å². The van der Waals surface area contributed by atoms with Crippen LogP contribution in [0.4, 0.5) is 0 Å². The number of carbonyl (C=O) groups excluding carboxylic acids is 2. The van der Waals surface area contributed by atoms with Crippen molar-refractivity contribution >= 4 is 11.9 Å². The highest BCUT2D eigenvalue weighted by Crippen LogP contribution is 2.12. The average Bonchev–Trinajstić information content (AvgIpc) is 2.60. The fourth-order valence-electron chi connectivity index (χ4n) is 2.63. The van der Waals surface area contributed by atoms with Crippen molar-refractivity contribution in [3.8, 4) is 0 Å². The molecular weight excluding hydrogens is 302 g/mol. The van der Waals surface area contributed by atoms with Gasteiger partial charge in [0.2, 0.25) is 0 Å².